The Hall–Kier alpha value is -9.13. The summed E-state index contributed by atoms with van der Waals surface area (Å²) in [4.78, 5) is 5.26. The molecule has 0 spiro atoms. The summed E-state index contributed by atoms with van der Waals surface area (Å²) in [7, 11) is 0. The van der Waals surface area contributed by atoms with Gasteiger partial charge in [0, 0.05) is 54.9 Å². The van der Waals surface area contributed by atoms with E-state index in [9.17, 15) is 0 Å². The van der Waals surface area contributed by atoms with Gasteiger partial charge in [-0.05, 0) is 131 Å². The number of nitrogens with zero attached hydrogens (tertiary/aromatic N) is 5. The fourth-order valence-electron chi connectivity index (χ4n) is 11.4. The summed E-state index contributed by atoms with van der Waals surface area (Å²) in [6, 6.07) is 83.9. The Labute approximate surface area is 390 Å². The molecule has 14 aromatic rings. The maximum Gasteiger partial charge on any atom is 0.188 e. The Morgan fingerprint density at radius 3 is 1.28 bits per heavy atom. The molecule has 0 bridgehead atoms. The fraction of sp³-hybridized carbons (Fsp3) is 0.0161. The lowest BCUT2D eigenvalue weighted by Crippen LogP contribution is -2.29. The minimum atomic E-state index is -0.287. The Morgan fingerprint density at radius 1 is 0.324 bits per heavy atom. The molecule has 1 N–H and O–H groups in total. The smallest absolute Gasteiger partial charge is 0.188 e. The van der Waals surface area contributed by atoms with Crippen LogP contribution >= 0.6 is 0 Å². The second-order valence-electron chi connectivity index (χ2n) is 18.0. The molecule has 0 saturated carbocycles. The molecule has 5 heterocycles. The number of hydrogen-bond donors (Lipinski definition) is 1. The lowest BCUT2D eigenvalue weighted by atomic mass is 9.98. The highest BCUT2D eigenvalue weighted by molar-refractivity contribution is 6.14. The van der Waals surface area contributed by atoms with Gasteiger partial charge in [0.15, 0.2) is 6.29 Å². The van der Waals surface area contributed by atoms with Crippen molar-refractivity contribution < 1.29 is 0 Å². The third-order valence-electron chi connectivity index (χ3n) is 14.4. The van der Waals surface area contributed by atoms with Crippen molar-refractivity contribution in [1.82, 2.24) is 23.3 Å². The number of rotatable bonds is 5. The molecule has 318 valence electrons. The van der Waals surface area contributed by atoms with Crippen molar-refractivity contribution in [2.75, 3.05) is 5.32 Å². The zero-order chi connectivity index (χ0) is 44.5. The van der Waals surface area contributed by atoms with E-state index in [1.54, 1.807) is 0 Å². The lowest BCUT2D eigenvalue weighted by molar-refractivity contribution is 0.520. The number of hydrogen-bond acceptors (Lipinski definition) is 2. The summed E-state index contributed by atoms with van der Waals surface area (Å²) in [5.74, 6) is 0.958. The minimum absolute atomic E-state index is 0.287. The topological polar surface area (TPSA) is 44.6 Å². The monoisotopic (exact) mass is 868 g/mol. The van der Waals surface area contributed by atoms with Crippen LogP contribution in [0.25, 0.3) is 121 Å². The molecule has 0 aliphatic carbocycles. The van der Waals surface area contributed by atoms with Crippen LogP contribution in [-0.2, 0) is 0 Å². The fourth-order valence-corrected chi connectivity index (χ4v) is 11.4. The Morgan fingerprint density at radius 2 is 0.735 bits per heavy atom. The molecule has 0 saturated heterocycles. The van der Waals surface area contributed by atoms with Gasteiger partial charge in [-0.15, -0.1) is 0 Å². The molecule has 0 amide bonds. The van der Waals surface area contributed by atoms with Crippen molar-refractivity contribution in [3.63, 3.8) is 0 Å². The van der Waals surface area contributed by atoms with E-state index in [1.165, 1.54) is 76.6 Å². The number of imidazole rings is 1. The number of benzene rings is 10. The third-order valence-corrected chi connectivity index (χ3v) is 14.4. The van der Waals surface area contributed by atoms with Crippen molar-refractivity contribution in [3.05, 3.63) is 231 Å². The molecule has 15 rings (SSSR count). The molecule has 0 fully saturated rings. The number of nitrogens with one attached hydrogen (secondary N) is 1. The first-order valence-electron chi connectivity index (χ1n) is 23.3. The SMILES string of the molecule is c1ccc(-n2c3ccccc3c3cc(-c4ccc5c(c4)c4cc(-c6ccc7c(c6)c6ccccc6n7-c6ccccc6)ccc4n5C4Nc5ccccc5-c5nc6ccccc6n54)ccc32)cc1. The van der Waals surface area contributed by atoms with Crippen LogP contribution < -0.4 is 5.32 Å². The van der Waals surface area contributed by atoms with Gasteiger partial charge in [-0.2, -0.15) is 0 Å². The highest BCUT2D eigenvalue weighted by atomic mass is 15.4. The van der Waals surface area contributed by atoms with E-state index in [-0.39, 0.29) is 6.29 Å². The normalized spacial score (nSPS) is 13.6. The highest BCUT2D eigenvalue weighted by Gasteiger charge is 2.31. The summed E-state index contributed by atoms with van der Waals surface area (Å²) in [5, 5.41) is 11.3. The predicted molar refractivity (Wildman–Crippen MR) is 282 cm³/mol. The zero-order valence-corrected chi connectivity index (χ0v) is 36.8. The van der Waals surface area contributed by atoms with E-state index < -0.39 is 0 Å². The van der Waals surface area contributed by atoms with Gasteiger partial charge in [-0.1, -0.05) is 121 Å². The van der Waals surface area contributed by atoms with Crippen molar-refractivity contribution in [2.45, 2.75) is 6.29 Å². The first kappa shape index (κ1) is 37.1. The van der Waals surface area contributed by atoms with E-state index in [2.05, 4.69) is 254 Å². The molecular formula is C62H40N6. The predicted octanol–water partition coefficient (Wildman–Crippen LogP) is 15.8. The van der Waals surface area contributed by atoms with E-state index in [0.717, 1.165) is 50.5 Å². The summed E-state index contributed by atoms with van der Waals surface area (Å²) in [6.07, 6.45) is -0.287. The molecular weight excluding hydrogens is 829 g/mol. The van der Waals surface area contributed by atoms with Crippen LogP contribution in [0.3, 0.4) is 0 Å². The molecule has 1 unspecified atom stereocenters. The molecule has 1 aliphatic heterocycles. The van der Waals surface area contributed by atoms with Crippen molar-refractivity contribution in [2.24, 2.45) is 0 Å². The molecule has 10 aromatic carbocycles. The quantitative estimate of drug-likeness (QED) is 0.187. The summed E-state index contributed by atoms with van der Waals surface area (Å²) < 4.78 is 9.63. The molecule has 0 radical (unpaired) electrons. The van der Waals surface area contributed by atoms with Crippen LogP contribution in [0.1, 0.15) is 6.29 Å². The van der Waals surface area contributed by atoms with Crippen molar-refractivity contribution in [1.29, 1.82) is 0 Å². The highest BCUT2D eigenvalue weighted by Crippen LogP contribution is 2.45. The standard InChI is InChI=1S/C62H40N6/c1-3-15-43(16-4-1)65-54-24-12-8-19-45(54)48-35-39(27-31-56(48)65)41-29-33-58-50(37-41)51-38-42(40-28-32-57-49(36-40)46-20-9-13-25-55(46)66(57)44-17-5-2-6-18-44)30-34-59(51)67(58)62-64-52-22-10-7-21-47(52)61-63-53-23-11-14-26-60(53)68(61)62/h1-38,62,64H. The number of fused-ring (bicyclic) bond motifs is 14. The van der Waals surface area contributed by atoms with E-state index in [0.29, 0.717) is 0 Å². The van der Waals surface area contributed by atoms with Gasteiger partial charge >= 0.3 is 0 Å². The third kappa shape index (κ3) is 5.31. The van der Waals surface area contributed by atoms with Crippen LogP contribution in [-0.4, -0.2) is 23.3 Å². The average molecular weight is 869 g/mol. The molecule has 68 heavy (non-hydrogen) atoms. The maximum atomic E-state index is 5.26. The van der Waals surface area contributed by atoms with Gasteiger partial charge in [0.1, 0.15) is 5.82 Å². The van der Waals surface area contributed by atoms with Gasteiger partial charge in [0.05, 0.1) is 44.1 Å². The maximum absolute atomic E-state index is 5.26. The Bertz CT molecular complexity index is 4140. The summed E-state index contributed by atoms with van der Waals surface area (Å²) in [5.41, 5.74) is 18.3. The second-order valence-corrected chi connectivity index (χ2v) is 18.0. The van der Waals surface area contributed by atoms with E-state index in [1.807, 2.05) is 0 Å². The van der Waals surface area contributed by atoms with Crippen molar-refractivity contribution in [3.8, 4) is 45.0 Å². The first-order chi connectivity index (χ1) is 33.7. The van der Waals surface area contributed by atoms with Gasteiger partial charge < -0.3 is 19.0 Å². The average Bonchev–Trinajstić information content (AvgIpc) is 4.15. The van der Waals surface area contributed by atoms with Crippen molar-refractivity contribution >= 4 is 82.1 Å². The number of aromatic nitrogens is 5. The Kier molecular flexibility index (Phi) is 7.74. The molecule has 1 atom stereocenters. The second kappa shape index (κ2) is 14.2. The van der Waals surface area contributed by atoms with Crippen LogP contribution in [0.15, 0.2) is 231 Å². The molecule has 6 nitrogen and oxygen atoms in total. The Balaban J connectivity index is 0.961. The number of anilines is 1. The van der Waals surface area contributed by atoms with E-state index in [4.69, 9.17) is 4.98 Å². The van der Waals surface area contributed by atoms with Gasteiger partial charge in [0.2, 0.25) is 0 Å². The lowest BCUT2D eigenvalue weighted by Gasteiger charge is -2.32. The van der Waals surface area contributed by atoms with Crippen LogP contribution in [0.5, 0.6) is 0 Å². The first-order valence-corrected chi connectivity index (χ1v) is 23.3. The van der Waals surface area contributed by atoms with E-state index >= 15 is 0 Å². The molecule has 6 heteroatoms. The summed E-state index contributed by atoms with van der Waals surface area (Å²) >= 11 is 0. The van der Waals surface area contributed by atoms with Crippen LogP contribution in [0.4, 0.5) is 5.69 Å². The molecule has 4 aromatic heterocycles. The largest absolute Gasteiger partial charge is 0.347 e. The van der Waals surface area contributed by atoms with Crippen LogP contribution in [0, 0.1) is 0 Å². The van der Waals surface area contributed by atoms with Crippen LogP contribution in [0.2, 0.25) is 0 Å². The minimum Gasteiger partial charge on any atom is -0.347 e. The summed E-state index contributed by atoms with van der Waals surface area (Å²) in [6.45, 7) is 0. The zero-order valence-electron chi connectivity index (χ0n) is 36.8. The van der Waals surface area contributed by atoms with Gasteiger partial charge in [0.25, 0.3) is 0 Å². The number of para-hydroxylation sites is 7. The van der Waals surface area contributed by atoms with Gasteiger partial charge in [-0.25, -0.2) is 4.98 Å². The van der Waals surface area contributed by atoms with Gasteiger partial charge in [-0.3, -0.25) is 4.57 Å². The molecule has 1 aliphatic rings.